The van der Waals surface area contributed by atoms with Gasteiger partial charge in [0.2, 0.25) is 0 Å². The van der Waals surface area contributed by atoms with E-state index in [9.17, 15) is 0 Å². The van der Waals surface area contributed by atoms with Gasteiger partial charge in [-0.1, -0.05) is 31.2 Å². The number of para-hydroxylation sites is 1. The molecule has 108 valence electrons. The first-order chi connectivity index (χ1) is 10.4. The van der Waals surface area contributed by atoms with Crippen molar-refractivity contribution in [3.8, 4) is 0 Å². The van der Waals surface area contributed by atoms with Crippen molar-refractivity contribution in [3.05, 3.63) is 64.5 Å². The third kappa shape index (κ3) is 3.49. The van der Waals surface area contributed by atoms with Crippen LogP contribution in [0.5, 0.6) is 0 Å². The molecule has 0 aliphatic heterocycles. The molecule has 1 aromatic carbocycles. The zero-order valence-corrected chi connectivity index (χ0v) is 13.1. The predicted octanol–water partition coefficient (Wildman–Crippen LogP) is 4.58. The summed E-state index contributed by atoms with van der Waals surface area (Å²) < 4.78 is 0. The second-order valence-corrected chi connectivity index (χ2v) is 6.04. The molecule has 21 heavy (non-hydrogen) atoms. The van der Waals surface area contributed by atoms with E-state index < -0.39 is 0 Å². The third-order valence-electron chi connectivity index (χ3n) is 3.66. The van der Waals surface area contributed by atoms with Gasteiger partial charge in [0.05, 0.1) is 5.52 Å². The molecule has 0 fully saturated rings. The van der Waals surface area contributed by atoms with E-state index >= 15 is 0 Å². The predicted molar refractivity (Wildman–Crippen MR) is 90.8 cm³/mol. The van der Waals surface area contributed by atoms with E-state index in [-0.39, 0.29) is 0 Å². The molecule has 0 saturated heterocycles. The highest BCUT2D eigenvalue weighted by molar-refractivity contribution is 7.07. The fourth-order valence-electron chi connectivity index (χ4n) is 2.53. The summed E-state index contributed by atoms with van der Waals surface area (Å²) >= 11 is 1.75. The van der Waals surface area contributed by atoms with Crippen molar-refractivity contribution in [2.75, 3.05) is 6.54 Å². The van der Waals surface area contributed by atoms with E-state index in [1.165, 1.54) is 10.9 Å². The Balaban J connectivity index is 1.83. The summed E-state index contributed by atoms with van der Waals surface area (Å²) in [7, 11) is 0. The molecule has 2 heterocycles. The summed E-state index contributed by atoms with van der Waals surface area (Å²) in [5.74, 6) is 0. The highest BCUT2D eigenvalue weighted by atomic mass is 32.1. The fourth-order valence-corrected chi connectivity index (χ4v) is 3.25. The number of nitrogens with zero attached hydrogens (tertiary/aromatic N) is 1. The molecular weight excluding hydrogens is 276 g/mol. The standard InChI is InChI=1S/C18H20N2S/c1-2-10-19-18(15-9-11-21-13-15)12-16-8-7-14-5-3-4-6-17(14)20-16/h3-9,11,13,18-19H,2,10,12H2,1H3. The number of nitrogens with one attached hydrogen (secondary N) is 1. The molecule has 3 aromatic rings. The third-order valence-corrected chi connectivity index (χ3v) is 4.36. The maximum absolute atomic E-state index is 4.80. The summed E-state index contributed by atoms with van der Waals surface area (Å²) in [6, 6.07) is 15.2. The van der Waals surface area contributed by atoms with Crippen LogP contribution < -0.4 is 5.32 Å². The van der Waals surface area contributed by atoms with Crippen LogP contribution in [0.4, 0.5) is 0 Å². The molecule has 3 rings (SSSR count). The molecule has 1 N–H and O–H groups in total. The van der Waals surface area contributed by atoms with Gasteiger partial charge in [0.15, 0.2) is 0 Å². The molecule has 0 amide bonds. The lowest BCUT2D eigenvalue weighted by atomic mass is 10.0. The van der Waals surface area contributed by atoms with E-state index in [0.29, 0.717) is 6.04 Å². The molecule has 0 saturated carbocycles. The molecule has 0 aliphatic carbocycles. The molecule has 2 nitrogen and oxygen atoms in total. The summed E-state index contributed by atoms with van der Waals surface area (Å²) in [5, 5.41) is 9.21. The Kier molecular flexibility index (Phi) is 4.63. The van der Waals surface area contributed by atoms with Crippen LogP contribution in [-0.4, -0.2) is 11.5 Å². The van der Waals surface area contributed by atoms with Crippen LogP contribution in [-0.2, 0) is 6.42 Å². The molecule has 2 aromatic heterocycles. The van der Waals surface area contributed by atoms with Gasteiger partial charge >= 0.3 is 0 Å². The lowest BCUT2D eigenvalue weighted by molar-refractivity contribution is 0.526. The first kappa shape index (κ1) is 14.2. The lowest BCUT2D eigenvalue weighted by Crippen LogP contribution is -2.24. The SMILES string of the molecule is CCCNC(Cc1ccc2ccccc2n1)c1ccsc1. The van der Waals surface area contributed by atoms with Crippen molar-refractivity contribution in [2.45, 2.75) is 25.8 Å². The Hall–Kier alpha value is -1.71. The summed E-state index contributed by atoms with van der Waals surface area (Å²) in [6.45, 7) is 3.24. The first-order valence-corrected chi connectivity index (χ1v) is 8.41. The van der Waals surface area contributed by atoms with Gasteiger partial charge in [-0.05, 0) is 47.5 Å². The largest absolute Gasteiger partial charge is 0.310 e. The van der Waals surface area contributed by atoms with Gasteiger partial charge in [-0.2, -0.15) is 11.3 Å². The Morgan fingerprint density at radius 3 is 2.86 bits per heavy atom. The lowest BCUT2D eigenvalue weighted by Gasteiger charge is -2.17. The fraction of sp³-hybridized carbons (Fsp3) is 0.278. The maximum Gasteiger partial charge on any atom is 0.0705 e. The van der Waals surface area contributed by atoms with Gasteiger partial charge in [-0.15, -0.1) is 0 Å². The number of fused-ring (bicyclic) bond motifs is 1. The van der Waals surface area contributed by atoms with Gasteiger partial charge in [0, 0.05) is 23.5 Å². The minimum absolute atomic E-state index is 0.352. The number of hydrogen-bond acceptors (Lipinski definition) is 3. The van der Waals surface area contributed by atoms with E-state index in [1.54, 1.807) is 11.3 Å². The second-order valence-electron chi connectivity index (χ2n) is 5.26. The van der Waals surface area contributed by atoms with Gasteiger partial charge in [0.1, 0.15) is 0 Å². The van der Waals surface area contributed by atoms with Crippen molar-refractivity contribution in [1.82, 2.24) is 10.3 Å². The van der Waals surface area contributed by atoms with Crippen molar-refractivity contribution in [3.63, 3.8) is 0 Å². The minimum atomic E-state index is 0.352. The Morgan fingerprint density at radius 2 is 2.05 bits per heavy atom. The number of pyridine rings is 1. The van der Waals surface area contributed by atoms with Gasteiger partial charge in [0.25, 0.3) is 0 Å². The van der Waals surface area contributed by atoms with Gasteiger partial charge in [-0.3, -0.25) is 4.98 Å². The first-order valence-electron chi connectivity index (χ1n) is 7.47. The number of rotatable bonds is 6. The van der Waals surface area contributed by atoms with Crippen molar-refractivity contribution in [1.29, 1.82) is 0 Å². The van der Waals surface area contributed by atoms with Crippen LogP contribution in [0.25, 0.3) is 10.9 Å². The monoisotopic (exact) mass is 296 g/mol. The average molecular weight is 296 g/mol. The normalized spacial score (nSPS) is 12.6. The molecule has 0 radical (unpaired) electrons. The molecule has 0 bridgehead atoms. The van der Waals surface area contributed by atoms with E-state index in [4.69, 9.17) is 4.98 Å². The Morgan fingerprint density at radius 1 is 1.14 bits per heavy atom. The van der Waals surface area contributed by atoms with E-state index in [2.05, 4.69) is 59.4 Å². The van der Waals surface area contributed by atoms with Crippen molar-refractivity contribution in [2.24, 2.45) is 0 Å². The zero-order chi connectivity index (χ0) is 14.5. The van der Waals surface area contributed by atoms with Crippen molar-refractivity contribution >= 4 is 22.2 Å². The van der Waals surface area contributed by atoms with Crippen LogP contribution in [0.3, 0.4) is 0 Å². The second kappa shape index (κ2) is 6.83. The summed E-state index contributed by atoms with van der Waals surface area (Å²) in [5.41, 5.74) is 3.59. The molecule has 0 spiro atoms. The van der Waals surface area contributed by atoms with Crippen molar-refractivity contribution < 1.29 is 0 Å². The molecule has 3 heteroatoms. The summed E-state index contributed by atoms with van der Waals surface area (Å²) in [6.07, 6.45) is 2.08. The average Bonchev–Trinajstić information content (AvgIpc) is 3.05. The van der Waals surface area contributed by atoms with Crippen LogP contribution in [0.1, 0.15) is 30.6 Å². The topological polar surface area (TPSA) is 24.9 Å². The van der Waals surface area contributed by atoms with Gasteiger partial charge < -0.3 is 5.32 Å². The molecule has 1 atom stereocenters. The molecular formula is C18H20N2S. The number of thiophene rings is 1. The number of aromatic nitrogens is 1. The smallest absolute Gasteiger partial charge is 0.0705 e. The van der Waals surface area contributed by atoms with Crippen LogP contribution in [0, 0.1) is 0 Å². The summed E-state index contributed by atoms with van der Waals surface area (Å²) in [4.78, 5) is 4.80. The molecule has 1 unspecified atom stereocenters. The maximum atomic E-state index is 4.80. The zero-order valence-electron chi connectivity index (χ0n) is 12.3. The quantitative estimate of drug-likeness (QED) is 0.720. The Labute approximate surface area is 129 Å². The number of hydrogen-bond donors (Lipinski definition) is 1. The van der Waals surface area contributed by atoms with E-state index in [1.807, 2.05) is 6.07 Å². The minimum Gasteiger partial charge on any atom is -0.310 e. The van der Waals surface area contributed by atoms with Crippen LogP contribution in [0.15, 0.2) is 53.2 Å². The number of benzene rings is 1. The van der Waals surface area contributed by atoms with Gasteiger partial charge in [-0.25, -0.2) is 0 Å². The Bertz CT molecular complexity index is 691. The van der Waals surface area contributed by atoms with Crippen LogP contribution in [0.2, 0.25) is 0 Å². The molecule has 0 aliphatic rings. The highest BCUT2D eigenvalue weighted by Gasteiger charge is 2.13. The highest BCUT2D eigenvalue weighted by Crippen LogP contribution is 2.21. The van der Waals surface area contributed by atoms with Crippen LogP contribution >= 0.6 is 11.3 Å². The van der Waals surface area contributed by atoms with E-state index in [0.717, 1.165) is 30.6 Å².